The van der Waals surface area contributed by atoms with Crippen LogP contribution in [0.3, 0.4) is 0 Å². The predicted molar refractivity (Wildman–Crippen MR) is 59.9 cm³/mol. The highest BCUT2D eigenvalue weighted by atomic mass is 32.1. The molecule has 2 heterocycles. The molecule has 1 aliphatic carbocycles. The number of rotatable bonds is 3. The maximum Gasteiger partial charge on any atom is 0.326 e. The molecular weight excluding hydrogens is 226 g/mol. The lowest BCUT2D eigenvalue weighted by Crippen LogP contribution is -2.35. The average Bonchev–Trinajstić information content (AvgIpc) is 2.83. The zero-order chi connectivity index (χ0) is 11.1. The molecule has 2 fully saturated rings. The predicted octanol–water partition coefficient (Wildman–Crippen LogP) is 1.47. The summed E-state index contributed by atoms with van der Waals surface area (Å²) in [6.45, 7) is 0.788. The van der Waals surface area contributed by atoms with Crippen LogP contribution in [0.25, 0.3) is 0 Å². The van der Waals surface area contributed by atoms with Crippen LogP contribution in [0.4, 0.5) is 5.13 Å². The molecule has 16 heavy (non-hydrogen) atoms. The minimum absolute atomic E-state index is 0.403. The third-order valence-corrected chi connectivity index (χ3v) is 3.92. The highest BCUT2D eigenvalue weighted by Gasteiger charge is 2.34. The fourth-order valence-corrected chi connectivity index (χ4v) is 2.93. The third kappa shape index (κ3) is 1.67. The van der Waals surface area contributed by atoms with Gasteiger partial charge in [-0.25, -0.2) is 9.78 Å². The third-order valence-electron chi connectivity index (χ3n) is 3.16. The van der Waals surface area contributed by atoms with Crippen molar-refractivity contribution in [1.29, 1.82) is 0 Å². The molecule has 0 amide bonds. The standard InChI is InChI=1S/C10H13N3O2S/c14-9(15)7-2-1-5-13(7)10-11-8(12-16-10)6-3-4-6/h6-7H,1-5H2,(H,14,15). The molecule has 0 spiro atoms. The van der Waals surface area contributed by atoms with Gasteiger partial charge >= 0.3 is 5.97 Å². The molecule has 1 aromatic heterocycles. The highest BCUT2D eigenvalue weighted by molar-refractivity contribution is 7.09. The highest BCUT2D eigenvalue weighted by Crippen LogP contribution is 2.40. The summed E-state index contributed by atoms with van der Waals surface area (Å²) in [6.07, 6.45) is 4.00. The van der Waals surface area contributed by atoms with E-state index in [1.54, 1.807) is 0 Å². The first-order chi connectivity index (χ1) is 7.75. The van der Waals surface area contributed by atoms with Crippen LogP contribution < -0.4 is 4.90 Å². The molecule has 1 N–H and O–H groups in total. The van der Waals surface area contributed by atoms with Crippen LogP contribution in [0, 0.1) is 0 Å². The summed E-state index contributed by atoms with van der Waals surface area (Å²) in [5.74, 6) is 0.701. The zero-order valence-corrected chi connectivity index (χ0v) is 9.61. The largest absolute Gasteiger partial charge is 0.480 e. The van der Waals surface area contributed by atoms with Crippen molar-refractivity contribution >= 4 is 22.6 Å². The van der Waals surface area contributed by atoms with Crippen molar-refractivity contribution in [2.75, 3.05) is 11.4 Å². The van der Waals surface area contributed by atoms with Gasteiger partial charge in [0, 0.05) is 24.0 Å². The molecule has 1 saturated carbocycles. The van der Waals surface area contributed by atoms with Crippen LogP contribution >= 0.6 is 11.5 Å². The molecular formula is C10H13N3O2S. The maximum absolute atomic E-state index is 11.1. The van der Waals surface area contributed by atoms with Gasteiger partial charge in [-0.2, -0.15) is 4.37 Å². The summed E-state index contributed by atoms with van der Waals surface area (Å²) in [5, 5.41) is 9.87. The minimum atomic E-state index is -0.749. The molecule has 0 radical (unpaired) electrons. The average molecular weight is 239 g/mol. The van der Waals surface area contributed by atoms with Crippen molar-refractivity contribution in [3.8, 4) is 0 Å². The first kappa shape index (κ1) is 10.0. The lowest BCUT2D eigenvalue weighted by atomic mass is 10.2. The van der Waals surface area contributed by atoms with E-state index in [1.165, 1.54) is 24.4 Å². The minimum Gasteiger partial charge on any atom is -0.480 e. The van der Waals surface area contributed by atoms with E-state index < -0.39 is 12.0 Å². The van der Waals surface area contributed by atoms with Crippen molar-refractivity contribution in [1.82, 2.24) is 9.36 Å². The van der Waals surface area contributed by atoms with Gasteiger partial charge in [0.15, 0.2) is 0 Å². The van der Waals surface area contributed by atoms with E-state index in [-0.39, 0.29) is 0 Å². The van der Waals surface area contributed by atoms with Crippen molar-refractivity contribution in [2.24, 2.45) is 0 Å². The van der Waals surface area contributed by atoms with Crippen molar-refractivity contribution in [3.05, 3.63) is 5.82 Å². The van der Waals surface area contributed by atoms with Gasteiger partial charge in [-0.3, -0.25) is 0 Å². The maximum atomic E-state index is 11.1. The van der Waals surface area contributed by atoms with Crippen molar-refractivity contribution in [3.63, 3.8) is 0 Å². The van der Waals surface area contributed by atoms with Gasteiger partial charge in [-0.05, 0) is 25.7 Å². The number of carboxylic acid groups (broad SMARTS) is 1. The molecule has 1 saturated heterocycles. The second-order valence-corrected chi connectivity index (χ2v) is 5.13. The quantitative estimate of drug-likeness (QED) is 0.865. The first-order valence-electron chi connectivity index (χ1n) is 5.59. The number of aliphatic carboxylic acids is 1. The molecule has 1 aliphatic heterocycles. The Morgan fingerprint density at radius 2 is 2.25 bits per heavy atom. The Bertz CT molecular complexity index is 416. The Labute approximate surface area is 97.3 Å². The van der Waals surface area contributed by atoms with Crippen LogP contribution in [0.1, 0.15) is 37.4 Å². The van der Waals surface area contributed by atoms with Gasteiger partial charge in [0.2, 0.25) is 5.13 Å². The summed E-state index contributed by atoms with van der Waals surface area (Å²) >= 11 is 1.34. The van der Waals surface area contributed by atoms with Gasteiger partial charge in [0.05, 0.1) is 0 Å². The van der Waals surface area contributed by atoms with E-state index in [4.69, 9.17) is 5.11 Å². The number of aromatic nitrogens is 2. The summed E-state index contributed by atoms with van der Waals surface area (Å²) in [5.41, 5.74) is 0. The van der Waals surface area contributed by atoms with Gasteiger partial charge < -0.3 is 10.0 Å². The molecule has 1 unspecified atom stereocenters. The molecule has 2 aliphatic rings. The number of carboxylic acids is 1. The van der Waals surface area contributed by atoms with Gasteiger partial charge in [-0.1, -0.05) is 0 Å². The Morgan fingerprint density at radius 1 is 1.44 bits per heavy atom. The van der Waals surface area contributed by atoms with E-state index in [0.29, 0.717) is 12.3 Å². The lowest BCUT2D eigenvalue weighted by Gasteiger charge is -2.19. The summed E-state index contributed by atoms with van der Waals surface area (Å²) in [4.78, 5) is 17.4. The molecule has 1 aromatic rings. The van der Waals surface area contributed by atoms with E-state index in [1.807, 2.05) is 4.90 Å². The number of hydrogen-bond donors (Lipinski definition) is 1. The Balaban J connectivity index is 1.81. The first-order valence-corrected chi connectivity index (χ1v) is 6.36. The van der Waals surface area contributed by atoms with Gasteiger partial charge in [0.25, 0.3) is 0 Å². The lowest BCUT2D eigenvalue weighted by molar-refractivity contribution is -0.138. The molecule has 0 aromatic carbocycles. The number of hydrogen-bond acceptors (Lipinski definition) is 5. The Hall–Kier alpha value is -1.17. The fourth-order valence-electron chi connectivity index (χ4n) is 2.10. The SMILES string of the molecule is O=C(O)C1CCCN1c1nc(C2CC2)ns1. The second-order valence-electron chi connectivity index (χ2n) is 4.40. The van der Waals surface area contributed by atoms with E-state index >= 15 is 0 Å². The van der Waals surface area contributed by atoms with Crippen molar-refractivity contribution < 1.29 is 9.90 Å². The smallest absolute Gasteiger partial charge is 0.326 e. The van der Waals surface area contributed by atoms with Crippen LogP contribution in [0.15, 0.2) is 0 Å². The van der Waals surface area contributed by atoms with Crippen LogP contribution in [0.5, 0.6) is 0 Å². The van der Waals surface area contributed by atoms with Gasteiger partial charge in [-0.15, -0.1) is 0 Å². The summed E-state index contributed by atoms with van der Waals surface area (Å²) < 4.78 is 4.31. The topological polar surface area (TPSA) is 66.3 Å². The van der Waals surface area contributed by atoms with E-state index in [0.717, 1.165) is 23.9 Å². The molecule has 0 bridgehead atoms. The molecule has 1 atom stereocenters. The number of nitrogens with zero attached hydrogens (tertiary/aromatic N) is 3. The molecule has 6 heteroatoms. The van der Waals surface area contributed by atoms with Gasteiger partial charge in [0.1, 0.15) is 11.9 Å². The van der Waals surface area contributed by atoms with Crippen LogP contribution in [-0.2, 0) is 4.79 Å². The van der Waals surface area contributed by atoms with E-state index in [2.05, 4.69) is 9.36 Å². The van der Waals surface area contributed by atoms with Crippen molar-refractivity contribution in [2.45, 2.75) is 37.6 Å². The summed E-state index contributed by atoms with van der Waals surface area (Å²) in [6, 6.07) is -0.403. The van der Waals surface area contributed by atoms with Crippen LogP contribution in [-0.4, -0.2) is 33.0 Å². The summed E-state index contributed by atoms with van der Waals surface area (Å²) in [7, 11) is 0. The number of anilines is 1. The second kappa shape index (κ2) is 3.69. The molecule has 86 valence electrons. The van der Waals surface area contributed by atoms with Crippen LogP contribution in [0.2, 0.25) is 0 Å². The molecule has 3 rings (SSSR count). The Kier molecular flexibility index (Phi) is 2.31. The van der Waals surface area contributed by atoms with E-state index in [9.17, 15) is 4.79 Å². The monoisotopic (exact) mass is 239 g/mol. The zero-order valence-electron chi connectivity index (χ0n) is 8.80. The number of carbonyl (C=O) groups is 1. The molecule has 5 nitrogen and oxygen atoms in total. The normalized spacial score (nSPS) is 25.0. The Morgan fingerprint density at radius 3 is 2.94 bits per heavy atom. The fraction of sp³-hybridized carbons (Fsp3) is 0.700.